The summed E-state index contributed by atoms with van der Waals surface area (Å²) in [6, 6.07) is 5.52. The van der Waals surface area contributed by atoms with Crippen LogP contribution < -0.4 is 4.74 Å². The minimum Gasteiger partial charge on any atom is -0.488 e. The van der Waals surface area contributed by atoms with E-state index in [-0.39, 0.29) is 6.10 Å². The highest BCUT2D eigenvalue weighted by molar-refractivity contribution is 7.80. The highest BCUT2D eigenvalue weighted by atomic mass is 35.5. The first-order valence-electron chi connectivity index (χ1n) is 5.39. The summed E-state index contributed by atoms with van der Waals surface area (Å²) >= 11 is 17.2. The van der Waals surface area contributed by atoms with Gasteiger partial charge in [-0.05, 0) is 24.6 Å². The molecule has 1 aromatic rings. The van der Waals surface area contributed by atoms with Gasteiger partial charge in [-0.15, -0.1) is 11.6 Å². The maximum Gasteiger partial charge on any atom is 0.130 e. The maximum absolute atomic E-state index is 5.99. The number of rotatable bonds is 2. The van der Waals surface area contributed by atoms with Crippen LogP contribution in [-0.2, 0) is 0 Å². The van der Waals surface area contributed by atoms with Crippen LogP contribution in [0, 0.1) is 0 Å². The van der Waals surface area contributed by atoms with Gasteiger partial charge >= 0.3 is 0 Å². The number of hydrogen-bond donors (Lipinski definition) is 0. The standard InChI is InChI=1S/C12H13Cl2NOS/c1-15-7-9(4-5-13)16-11-3-2-8(14)6-10(11)12(15)17/h2-3,6,9H,4-5,7H2,1H3. The number of ether oxygens (including phenoxy) is 1. The van der Waals surface area contributed by atoms with Crippen molar-refractivity contribution in [3.63, 3.8) is 0 Å². The summed E-state index contributed by atoms with van der Waals surface area (Å²) in [6.45, 7) is 0.748. The molecular formula is C12H13Cl2NOS. The number of nitrogens with zero attached hydrogens (tertiary/aromatic N) is 1. The predicted octanol–water partition coefficient (Wildman–Crippen LogP) is 3.34. The van der Waals surface area contributed by atoms with E-state index in [1.54, 1.807) is 0 Å². The summed E-state index contributed by atoms with van der Waals surface area (Å²) in [5, 5.41) is 0.666. The number of thiocarbonyl (C=S) groups is 1. The minimum atomic E-state index is 0.0675. The number of likely N-dealkylation sites (N-methyl/N-ethyl adjacent to an activating group) is 1. The van der Waals surface area contributed by atoms with Crippen LogP contribution in [0.15, 0.2) is 18.2 Å². The highest BCUT2D eigenvalue weighted by Crippen LogP contribution is 2.28. The number of fused-ring (bicyclic) bond motifs is 1. The topological polar surface area (TPSA) is 12.5 Å². The van der Waals surface area contributed by atoms with Crippen molar-refractivity contribution in [3.8, 4) is 5.75 Å². The Hall–Kier alpha value is -0.510. The first-order chi connectivity index (χ1) is 8.11. The summed E-state index contributed by atoms with van der Waals surface area (Å²) in [5.74, 6) is 1.37. The van der Waals surface area contributed by atoms with Crippen molar-refractivity contribution in [2.24, 2.45) is 0 Å². The molecule has 2 nitrogen and oxygen atoms in total. The van der Waals surface area contributed by atoms with Crippen LogP contribution in [-0.4, -0.2) is 35.5 Å². The average Bonchev–Trinajstić information content (AvgIpc) is 2.40. The van der Waals surface area contributed by atoms with E-state index in [0.717, 1.165) is 29.3 Å². The normalized spacial score (nSPS) is 19.6. The summed E-state index contributed by atoms with van der Waals surface area (Å²) < 4.78 is 5.92. The van der Waals surface area contributed by atoms with E-state index in [1.165, 1.54) is 0 Å². The van der Waals surface area contributed by atoms with Gasteiger partial charge in [0.1, 0.15) is 16.8 Å². The van der Waals surface area contributed by atoms with Gasteiger partial charge in [0, 0.05) is 18.0 Å². The molecule has 92 valence electrons. The second kappa shape index (κ2) is 5.42. The minimum absolute atomic E-state index is 0.0675. The fourth-order valence-corrected chi connectivity index (χ4v) is 2.50. The molecule has 1 heterocycles. The van der Waals surface area contributed by atoms with Crippen LogP contribution in [0.3, 0.4) is 0 Å². The lowest BCUT2D eigenvalue weighted by Crippen LogP contribution is -2.33. The Morgan fingerprint density at radius 1 is 1.53 bits per heavy atom. The van der Waals surface area contributed by atoms with Gasteiger partial charge in [-0.25, -0.2) is 0 Å². The van der Waals surface area contributed by atoms with Gasteiger partial charge in [-0.3, -0.25) is 0 Å². The molecule has 0 saturated carbocycles. The lowest BCUT2D eigenvalue weighted by molar-refractivity contribution is 0.179. The predicted molar refractivity (Wildman–Crippen MR) is 75.5 cm³/mol. The SMILES string of the molecule is CN1CC(CCCl)Oc2ccc(Cl)cc2C1=S. The van der Waals surface area contributed by atoms with Crippen LogP contribution >= 0.6 is 35.4 Å². The molecule has 0 amide bonds. The summed E-state index contributed by atoms with van der Waals surface area (Å²) in [6.07, 6.45) is 0.870. The summed E-state index contributed by atoms with van der Waals surface area (Å²) in [7, 11) is 1.96. The van der Waals surface area contributed by atoms with Gasteiger partial charge in [0.15, 0.2) is 0 Å². The zero-order valence-electron chi connectivity index (χ0n) is 9.45. The molecule has 0 saturated heterocycles. The average molecular weight is 290 g/mol. The van der Waals surface area contributed by atoms with E-state index in [9.17, 15) is 0 Å². The van der Waals surface area contributed by atoms with E-state index >= 15 is 0 Å². The molecule has 0 radical (unpaired) electrons. The third kappa shape index (κ3) is 2.84. The molecule has 0 bridgehead atoms. The van der Waals surface area contributed by atoms with Crippen LogP contribution in [0.2, 0.25) is 5.02 Å². The quantitative estimate of drug-likeness (QED) is 0.612. The molecule has 0 N–H and O–H groups in total. The van der Waals surface area contributed by atoms with Gasteiger partial charge in [-0.2, -0.15) is 0 Å². The zero-order valence-corrected chi connectivity index (χ0v) is 11.8. The molecule has 2 rings (SSSR count). The number of benzene rings is 1. The maximum atomic E-state index is 5.99. The molecule has 1 aromatic carbocycles. The van der Waals surface area contributed by atoms with Crippen LogP contribution in [0.5, 0.6) is 5.75 Å². The second-order valence-corrected chi connectivity index (χ2v) is 5.24. The number of halogens is 2. The van der Waals surface area contributed by atoms with E-state index < -0.39 is 0 Å². The summed E-state index contributed by atoms with van der Waals surface area (Å²) in [4.78, 5) is 2.77. The van der Waals surface area contributed by atoms with Crippen LogP contribution in [0.1, 0.15) is 12.0 Å². The summed E-state index contributed by atoms with van der Waals surface area (Å²) in [5.41, 5.74) is 0.882. The van der Waals surface area contributed by atoms with Gasteiger partial charge in [-0.1, -0.05) is 23.8 Å². The van der Waals surface area contributed by atoms with E-state index in [1.807, 2.05) is 30.1 Å². The van der Waals surface area contributed by atoms with Crippen molar-refractivity contribution in [3.05, 3.63) is 28.8 Å². The molecule has 1 atom stereocenters. The molecule has 1 aliphatic heterocycles. The smallest absolute Gasteiger partial charge is 0.130 e. The van der Waals surface area contributed by atoms with Crippen molar-refractivity contribution >= 4 is 40.4 Å². The molecule has 0 aliphatic carbocycles. The van der Waals surface area contributed by atoms with Crippen molar-refractivity contribution in [1.29, 1.82) is 0 Å². The first kappa shape index (κ1) is 12.9. The van der Waals surface area contributed by atoms with Crippen molar-refractivity contribution < 1.29 is 4.74 Å². The van der Waals surface area contributed by atoms with Gasteiger partial charge in [0.25, 0.3) is 0 Å². The molecule has 1 unspecified atom stereocenters. The lowest BCUT2D eigenvalue weighted by atomic mass is 10.2. The molecule has 0 fully saturated rings. The molecular weight excluding hydrogens is 277 g/mol. The fourth-order valence-electron chi connectivity index (χ4n) is 1.85. The second-order valence-electron chi connectivity index (χ2n) is 4.04. The Morgan fingerprint density at radius 3 is 3.00 bits per heavy atom. The zero-order chi connectivity index (χ0) is 12.4. The Labute approximate surface area is 116 Å². The molecule has 1 aliphatic rings. The third-order valence-electron chi connectivity index (χ3n) is 2.72. The van der Waals surface area contributed by atoms with Crippen molar-refractivity contribution in [2.75, 3.05) is 19.5 Å². The number of alkyl halides is 1. The van der Waals surface area contributed by atoms with Crippen LogP contribution in [0.4, 0.5) is 0 Å². The lowest BCUT2D eigenvalue weighted by Gasteiger charge is -2.20. The van der Waals surface area contributed by atoms with E-state index in [2.05, 4.69) is 0 Å². The van der Waals surface area contributed by atoms with Gasteiger partial charge in [0.05, 0.1) is 12.1 Å². The van der Waals surface area contributed by atoms with E-state index in [0.29, 0.717) is 10.9 Å². The third-order valence-corrected chi connectivity index (χ3v) is 3.71. The van der Waals surface area contributed by atoms with Crippen molar-refractivity contribution in [2.45, 2.75) is 12.5 Å². The monoisotopic (exact) mass is 289 g/mol. The highest BCUT2D eigenvalue weighted by Gasteiger charge is 2.23. The largest absolute Gasteiger partial charge is 0.488 e. The molecule has 0 aromatic heterocycles. The molecule has 0 spiro atoms. The molecule has 17 heavy (non-hydrogen) atoms. The van der Waals surface area contributed by atoms with Gasteiger partial charge in [0.2, 0.25) is 0 Å². The Balaban J connectivity index is 2.37. The van der Waals surface area contributed by atoms with Crippen molar-refractivity contribution in [1.82, 2.24) is 4.90 Å². The van der Waals surface area contributed by atoms with E-state index in [4.69, 9.17) is 40.2 Å². The Morgan fingerprint density at radius 2 is 2.29 bits per heavy atom. The first-order valence-corrected chi connectivity index (χ1v) is 6.71. The Kier molecular flexibility index (Phi) is 4.13. The Bertz CT molecular complexity index is 439. The van der Waals surface area contributed by atoms with Crippen LogP contribution in [0.25, 0.3) is 0 Å². The molecule has 5 heteroatoms. The number of hydrogen-bond acceptors (Lipinski definition) is 2. The fraction of sp³-hybridized carbons (Fsp3) is 0.417. The van der Waals surface area contributed by atoms with Gasteiger partial charge < -0.3 is 9.64 Å².